The minimum atomic E-state index is -0.335. The van der Waals surface area contributed by atoms with Crippen LogP contribution in [0.4, 0.5) is 5.69 Å². The lowest BCUT2D eigenvalue weighted by Gasteiger charge is -2.20. The molecule has 1 aromatic carbocycles. The van der Waals surface area contributed by atoms with Crippen molar-refractivity contribution in [2.75, 3.05) is 11.9 Å². The van der Waals surface area contributed by atoms with Crippen molar-refractivity contribution in [3.05, 3.63) is 48.3 Å². The molecule has 2 amide bonds. The molecule has 7 nitrogen and oxygen atoms in total. The second-order valence-corrected chi connectivity index (χ2v) is 7.46. The summed E-state index contributed by atoms with van der Waals surface area (Å²) in [7, 11) is 0. The Morgan fingerprint density at radius 1 is 1.25 bits per heavy atom. The van der Waals surface area contributed by atoms with Crippen LogP contribution in [-0.4, -0.2) is 44.1 Å². The highest BCUT2D eigenvalue weighted by Crippen LogP contribution is 2.25. The number of benzene rings is 1. The van der Waals surface area contributed by atoms with Crippen LogP contribution in [0.3, 0.4) is 0 Å². The number of amides is 2. The molecule has 1 saturated heterocycles. The molecule has 0 radical (unpaired) electrons. The minimum Gasteiger partial charge on any atom is -0.339 e. The first kappa shape index (κ1) is 18.2. The van der Waals surface area contributed by atoms with Gasteiger partial charge in [0.1, 0.15) is 0 Å². The molecule has 7 heteroatoms. The van der Waals surface area contributed by atoms with Crippen molar-refractivity contribution in [1.82, 2.24) is 19.7 Å². The van der Waals surface area contributed by atoms with Gasteiger partial charge in [-0.1, -0.05) is 18.2 Å². The molecule has 0 spiro atoms. The number of carbonyl (C=O) groups is 2. The van der Waals surface area contributed by atoms with Gasteiger partial charge in [-0.15, -0.1) is 0 Å². The maximum atomic E-state index is 12.6. The summed E-state index contributed by atoms with van der Waals surface area (Å²) in [5.41, 5.74) is 3.12. The number of para-hydroxylation sites is 1. The van der Waals surface area contributed by atoms with E-state index in [9.17, 15) is 9.59 Å². The number of nitrogens with one attached hydrogen (secondary N) is 1. The van der Waals surface area contributed by atoms with Crippen molar-refractivity contribution in [1.29, 1.82) is 0 Å². The number of fused-ring (bicyclic) bond motifs is 1. The molecule has 4 rings (SSSR count). The molecule has 1 aliphatic heterocycles. The molecule has 3 heterocycles. The molecule has 1 aliphatic rings. The fraction of sp³-hybridized carbons (Fsp3) is 0.333. The smallest absolute Gasteiger partial charge is 0.229 e. The SMILES string of the molecule is Cc1nn(-c2ccccc2)c2ncc(NC(=O)C3CC(=O)N(C(C)C)C3)cc12. The van der Waals surface area contributed by atoms with Crippen LogP contribution in [0, 0.1) is 12.8 Å². The topological polar surface area (TPSA) is 80.1 Å². The molecule has 144 valence electrons. The lowest BCUT2D eigenvalue weighted by atomic mass is 10.1. The van der Waals surface area contributed by atoms with E-state index in [1.54, 1.807) is 15.8 Å². The quantitative estimate of drug-likeness (QED) is 0.758. The molecule has 1 atom stereocenters. The average Bonchev–Trinajstić information content (AvgIpc) is 3.23. The summed E-state index contributed by atoms with van der Waals surface area (Å²) in [6.07, 6.45) is 1.89. The number of aryl methyl sites for hydroxylation is 1. The van der Waals surface area contributed by atoms with E-state index in [0.717, 1.165) is 22.4 Å². The predicted octanol–water partition coefficient (Wildman–Crippen LogP) is 2.92. The van der Waals surface area contributed by atoms with Crippen LogP contribution >= 0.6 is 0 Å². The summed E-state index contributed by atoms with van der Waals surface area (Å²) in [6, 6.07) is 11.8. The highest BCUT2D eigenvalue weighted by atomic mass is 16.2. The summed E-state index contributed by atoms with van der Waals surface area (Å²) in [4.78, 5) is 31.0. The van der Waals surface area contributed by atoms with Crippen LogP contribution in [0.5, 0.6) is 0 Å². The fourth-order valence-corrected chi connectivity index (χ4v) is 3.61. The number of nitrogens with zero attached hydrogens (tertiary/aromatic N) is 4. The number of anilines is 1. The molecular weight excluding hydrogens is 354 g/mol. The Hall–Kier alpha value is -3.22. The van der Waals surface area contributed by atoms with Crippen LogP contribution in [0.25, 0.3) is 16.7 Å². The van der Waals surface area contributed by atoms with Gasteiger partial charge < -0.3 is 10.2 Å². The second kappa shape index (κ2) is 7.07. The van der Waals surface area contributed by atoms with E-state index in [2.05, 4.69) is 15.4 Å². The van der Waals surface area contributed by atoms with Gasteiger partial charge in [0.2, 0.25) is 11.8 Å². The maximum Gasteiger partial charge on any atom is 0.229 e. The number of likely N-dealkylation sites (tertiary alicyclic amines) is 1. The highest BCUT2D eigenvalue weighted by Gasteiger charge is 2.35. The lowest BCUT2D eigenvalue weighted by molar-refractivity contribution is -0.129. The van der Waals surface area contributed by atoms with Crippen LogP contribution < -0.4 is 5.32 Å². The van der Waals surface area contributed by atoms with E-state index in [4.69, 9.17) is 0 Å². The maximum absolute atomic E-state index is 12.6. The molecule has 1 fully saturated rings. The number of carbonyl (C=O) groups excluding carboxylic acids is 2. The monoisotopic (exact) mass is 377 g/mol. The first-order chi connectivity index (χ1) is 13.4. The molecule has 1 unspecified atom stereocenters. The van der Waals surface area contributed by atoms with Gasteiger partial charge >= 0.3 is 0 Å². The zero-order chi connectivity index (χ0) is 19.8. The first-order valence-corrected chi connectivity index (χ1v) is 9.45. The molecule has 0 aliphatic carbocycles. The number of hydrogen-bond donors (Lipinski definition) is 1. The third-order valence-corrected chi connectivity index (χ3v) is 5.13. The van der Waals surface area contributed by atoms with E-state index in [1.165, 1.54) is 0 Å². The van der Waals surface area contributed by atoms with Gasteiger partial charge in [0.15, 0.2) is 5.65 Å². The second-order valence-electron chi connectivity index (χ2n) is 7.46. The van der Waals surface area contributed by atoms with E-state index in [0.29, 0.717) is 12.2 Å². The number of rotatable bonds is 4. The Morgan fingerprint density at radius 3 is 2.68 bits per heavy atom. The van der Waals surface area contributed by atoms with E-state index in [1.807, 2.05) is 57.2 Å². The average molecular weight is 377 g/mol. The lowest BCUT2D eigenvalue weighted by Crippen LogP contribution is -2.33. The highest BCUT2D eigenvalue weighted by molar-refractivity contribution is 5.98. The first-order valence-electron chi connectivity index (χ1n) is 9.45. The Bertz CT molecular complexity index is 1040. The van der Waals surface area contributed by atoms with Gasteiger partial charge in [0.05, 0.1) is 29.2 Å². The molecule has 0 saturated carbocycles. The van der Waals surface area contributed by atoms with Crippen LogP contribution in [0.1, 0.15) is 26.0 Å². The summed E-state index contributed by atoms with van der Waals surface area (Å²) < 4.78 is 1.80. The standard InChI is InChI=1S/C21H23N5O2/c1-13(2)25-12-15(9-19(25)27)21(28)23-16-10-18-14(3)24-26(20(18)22-11-16)17-7-5-4-6-8-17/h4-8,10-11,13,15H,9,12H2,1-3H3,(H,23,28). The van der Waals surface area contributed by atoms with Crippen molar-refractivity contribution in [2.45, 2.75) is 33.2 Å². The Morgan fingerprint density at radius 2 is 2.00 bits per heavy atom. The third kappa shape index (κ3) is 3.24. The Kier molecular flexibility index (Phi) is 4.58. The van der Waals surface area contributed by atoms with Gasteiger partial charge in [-0.3, -0.25) is 9.59 Å². The summed E-state index contributed by atoms with van der Waals surface area (Å²) in [6.45, 7) is 6.31. The van der Waals surface area contributed by atoms with E-state index < -0.39 is 0 Å². The van der Waals surface area contributed by atoms with Crippen molar-refractivity contribution in [3.63, 3.8) is 0 Å². The Labute approximate surface area is 163 Å². The van der Waals surface area contributed by atoms with Crippen molar-refractivity contribution < 1.29 is 9.59 Å². The van der Waals surface area contributed by atoms with Crippen LogP contribution in [0.2, 0.25) is 0 Å². The fourth-order valence-electron chi connectivity index (χ4n) is 3.61. The molecular formula is C21H23N5O2. The third-order valence-electron chi connectivity index (χ3n) is 5.13. The Balaban J connectivity index is 1.57. The van der Waals surface area contributed by atoms with Gasteiger partial charge in [0.25, 0.3) is 0 Å². The number of pyridine rings is 1. The molecule has 0 bridgehead atoms. The predicted molar refractivity (Wildman–Crippen MR) is 107 cm³/mol. The van der Waals surface area contributed by atoms with Gasteiger partial charge in [0, 0.05) is 24.4 Å². The molecule has 2 aromatic heterocycles. The number of hydrogen-bond acceptors (Lipinski definition) is 4. The zero-order valence-electron chi connectivity index (χ0n) is 16.2. The van der Waals surface area contributed by atoms with Gasteiger partial charge in [-0.2, -0.15) is 5.10 Å². The van der Waals surface area contributed by atoms with Crippen LogP contribution in [0.15, 0.2) is 42.6 Å². The van der Waals surface area contributed by atoms with E-state index >= 15 is 0 Å². The summed E-state index contributed by atoms with van der Waals surface area (Å²) in [5.74, 6) is -0.451. The van der Waals surface area contributed by atoms with Crippen LogP contribution in [-0.2, 0) is 9.59 Å². The van der Waals surface area contributed by atoms with Gasteiger partial charge in [-0.05, 0) is 39.0 Å². The van der Waals surface area contributed by atoms with Gasteiger partial charge in [-0.25, -0.2) is 9.67 Å². The summed E-state index contributed by atoms with van der Waals surface area (Å²) >= 11 is 0. The van der Waals surface area contributed by atoms with Crippen molar-refractivity contribution in [3.8, 4) is 5.69 Å². The molecule has 28 heavy (non-hydrogen) atoms. The van der Waals surface area contributed by atoms with Crippen molar-refractivity contribution in [2.24, 2.45) is 5.92 Å². The van der Waals surface area contributed by atoms with E-state index in [-0.39, 0.29) is 30.2 Å². The van der Waals surface area contributed by atoms with Crippen molar-refractivity contribution >= 4 is 28.5 Å². The zero-order valence-corrected chi connectivity index (χ0v) is 16.2. The summed E-state index contributed by atoms with van der Waals surface area (Å²) in [5, 5.41) is 8.38. The largest absolute Gasteiger partial charge is 0.339 e. The normalized spacial score (nSPS) is 16.9. The minimum absolute atomic E-state index is 0.0312. The molecule has 3 aromatic rings. The number of aromatic nitrogens is 3. The molecule has 1 N–H and O–H groups in total.